The van der Waals surface area contributed by atoms with Crippen LogP contribution in [0.1, 0.15) is 45.4 Å². The van der Waals surface area contributed by atoms with E-state index < -0.39 is 0 Å². The Bertz CT molecular complexity index is 363. The van der Waals surface area contributed by atoms with Gasteiger partial charge < -0.3 is 10.2 Å². The smallest absolute Gasteiger partial charge is 0.228 e. The summed E-state index contributed by atoms with van der Waals surface area (Å²) < 4.78 is 0. The van der Waals surface area contributed by atoms with Crippen LogP contribution in [0.3, 0.4) is 0 Å². The topological polar surface area (TPSA) is 32.3 Å². The first-order valence-corrected chi connectivity index (χ1v) is 8.17. The van der Waals surface area contributed by atoms with Crippen LogP contribution < -0.4 is 5.32 Å². The molecule has 4 aliphatic carbocycles. The van der Waals surface area contributed by atoms with Crippen molar-refractivity contribution in [3.63, 3.8) is 0 Å². The fourth-order valence-electron chi connectivity index (χ4n) is 5.82. The lowest BCUT2D eigenvalue weighted by Crippen LogP contribution is -2.59. The van der Waals surface area contributed by atoms with E-state index in [9.17, 15) is 4.79 Å². The van der Waals surface area contributed by atoms with Gasteiger partial charge in [0.05, 0.1) is 5.41 Å². The zero-order valence-electron chi connectivity index (χ0n) is 12.4. The number of carbonyl (C=O) groups is 1. The minimum absolute atomic E-state index is 0. The van der Waals surface area contributed by atoms with Crippen molar-refractivity contribution in [2.75, 3.05) is 19.6 Å². The molecular formula is C16H27ClN2O. The summed E-state index contributed by atoms with van der Waals surface area (Å²) in [6, 6.07) is 0.464. The third-order valence-electron chi connectivity index (χ3n) is 6.15. The van der Waals surface area contributed by atoms with Crippen LogP contribution >= 0.6 is 12.4 Å². The summed E-state index contributed by atoms with van der Waals surface area (Å²) in [5.41, 5.74) is 0.0613. The largest absolute Gasteiger partial charge is 0.339 e. The number of amides is 1. The lowest BCUT2D eigenvalue weighted by Gasteiger charge is -2.57. The number of halogens is 1. The zero-order chi connectivity index (χ0) is 13.0. The van der Waals surface area contributed by atoms with Gasteiger partial charge in [-0.25, -0.2) is 0 Å². The molecule has 5 aliphatic rings. The van der Waals surface area contributed by atoms with Crippen LogP contribution in [0.15, 0.2) is 0 Å². The Kier molecular flexibility index (Phi) is 3.79. The average Bonchev–Trinajstić information content (AvgIpc) is 2.36. The number of rotatable bonds is 1. The molecule has 3 nitrogen and oxygen atoms in total. The van der Waals surface area contributed by atoms with Gasteiger partial charge in [0.1, 0.15) is 0 Å². The van der Waals surface area contributed by atoms with Gasteiger partial charge in [0.15, 0.2) is 0 Å². The first-order valence-electron chi connectivity index (χ1n) is 8.17. The molecule has 4 bridgehead atoms. The van der Waals surface area contributed by atoms with Gasteiger partial charge in [-0.3, -0.25) is 4.79 Å². The highest BCUT2D eigenvalue weighted by atomic mass is 35.5. The third kappa shape index (κ3) is 2.27. The number of hydrogen-bond donors (Lipinski definition) is 1. The van der Waals surface area contributed by atoms with E-state index >= 15 is 0 Å². The van der Waals surface area contributed by atoms with Gasteiger partial charge in [0.2, 0.25) is 5.91 Å². The second-order valence-electron chi connectivity index (χ2n) is 7.80. The molecule has 20 heavy (non-hydrogen) atoms. The van der Waals surface area contributed by atoms with Crippen LogP contribution in [0, 0.1) is 23.2 Å². The van der Waals surface area contributed by atoms with Gasteiger partial charge in [0.25, 0.3) is 0 Å². The van der Waals surface area contributed by atoms with Crippen LogP contribution in [0.4, 0.5) is 0 Å². The van der Waals surface area contributed by atoms with Gasteiger partial charge in [0, 0.05) is 25.7 Å². The van der Waals surface area contributed by atoms with E-state index in [4.69, 9.17) is 0 Å². The van der Waals surface area contributed by atoms with Gasteiger partial charge in [-0.2, -0.15) is 0 Å². The van der Waals surface area contributed by atoms with Crippen molar-refractivity contribution in [3.05, 3.63) is 0 Å². The number of nitrogens with zero attached hydrogens (tertiary/aromatic N) is 1. The SMILES string of the molecule is C[C@@H]1CN(C(=O)C23CC4CC(CC(C4)C2)C3)CCN1.Cl. The summed E-state index contributed by atoms with van der Waals surface area (Å²) in [5, 5.41) is 3.45. The second-order valence-corrected chi connectivity index (χ2v) is 7.80. The van der Waals surface area contributed by atoms with E-state index in [0.29, 0.717) is 11.9 Å². The Labute approximate surface area is 128 Å². The Hall–Kier alpha value is -0.280. The summed E-state index contributed by atoms with van der Waals surface area (Å²) >= 11 is 0. The van der Waals surface area contributed by atoms with E-state index in [1.807, 2.05) is 0 Å². The minimum atomic E-state index is 0. The predicted molar refractivity (Wildman–Crippen MR) is 81.9 cm³/mol. The lowest BCUT2D eigenvalue weighted by atomic mass is 9.49. The summed E-state index contributed by atoms with van der Waals surface area (Å²) in [7, 11) is 0. The molecule has 1 saturated heterocycles. The first kappa shape index (κ1) is 14.6. The third-order valence-corrected chi connectivity index (χ3v) is 6.15. The molecule has 114 valence electrons. The predicted octanol–water partition coefficient (Wildman–Crippen LogP) is 2.44. The molecular weight excluding hydrogens is 272 g/mol. The van der Waals surface area contributed by atoms with E-state index in [1.54, 1.807) is 0 Å². The number of nitrogens with one attached hydrogen (secondary N) is 1. The Morgan fingerprint density at radius 2 is 1.65 bits per heavy atom. The van der Waals surface area contributed by atoms with Crippen molar-refractivity contribution < 1.29 is 4.79 Å². The highest BCUT2D eigenvalue weighted by Gasteiger charge is 2.55. The summed E-state index contributed by atoms with van der Waals surface area (Å²) in [6.07, 6.45) is 7.88. The fraction of sp³-hybridized carbons (Fsp3) is 0.938. The van der Waals surface area contributed by atoms with Crippen LogP contribution in [-0.4, -0.2) is 36.5 Å². The van der Waals surface area contributed by atoms with E-state index in [0.717, 1.165) is 37.4 Å². The molecule has 0 radical (unpaired) electrons. The van der Waals surface area contributed by atoms with Crippen molar-refractivity contribution >= 4 is 18.3 Å². The molecule has 4 saturated carbocycles. The van der Waals surface area contributed by atoms with Crippen molar-refractivity contribution in [2.45, 2.75) is 51.5 Å². The molecule has 0 spiro atoms. The van der Waals surface area contributed by atoms with Crippen LogP contribution in [0.5, 0.6) is 0 Å². The van der Waals surface area contributed by atoms with Crippen LogP contribution in [0.25, 0.3) is 0 Å². The van der Waals surface area contributed by atoms with Crippen LogP contribution in [-0.2, 0) is 4.79 Å². The van der Waals surface area contributed by atoms with Crippen molar-refractivity contribution in [1.29, 1.82) is 0 Å². The maximum Gasteiger partial charge on any atom is 0.228 e. The molecule has 1 aliphatic heterocycles. The van der Waals surface area contributed by atoms with Gasteiger partial charge >= 0.3 is 0 Å². The minimum Gasteiger partial charge on any atom is -0.339 e. The van der Waals surface area contributed by atoms with E-state index in [1.165, 1.54) is 38.5 Å². The lowest BCUT2D eigenvalue weighted by molar-refractivity contribution is -0.158. The highest BCUT2D eigenvalue weighted by Crippen LogP contribution is 2.60. The molecule has 0 aromatic rings. The van der Waals surface area contributed by atoms with E-state index in [2.05, 4.69) is 17.1 Å². The molecule has 4 heteroatoms. The number of hydrogen-bond acceptors (Lipinski definition) is 2. The molecule has 1 atom stereocenters. The van der Waals surface area contributed by atoms with Gasteiger partial charge in [-0.1, -0.05) is 0 Å². The zero-order valence-corrected chi connectivity index (χ0v) is 13.3. The average molecular weight is 299 g/mol. The molecule has 0 unspecified atom stereocenters. The van der Waals surface area contributed by atoms with Crippen LogP contribution in [0.2, 0.25) is 0 Å². The number of carbonyl (C=O) groups excluding carboxylic acids is 1. The monoisotopic (exact) mass is 298 g/mol. The standard InChI is InChI=1S/C16H26N2O.ClH/c1-11-10-18(3-2-17-11)15(19)16-7-12-4-13(8-16)6-14(5-12)9-16;/h11-14,17H,2-10H2,1H3;1H/t11-,12?,13?,14?,16?;/m1./s1. The van der Waals surface area contributed by atoms with Gasteiger partial charge in [-0.05, 0) is 63.2 Å². The molecule has 1 heterocycles. The molecule has 1 N–H and O–H groups in total. The van der Waals surface area contributed by atoms with Gasteiger partial charge in [-0.15, -0.1) is 12.4 Å². The molecule has 5 rings (SSSR count). The Morgan fingerprint density at radius 1 is 1.10 bits per heavy atom. The maximum absolute atomic E-state index is 13.1. The molecule has 5 fully saturated rings. The summed E-state index contributed by atoms with van der Waals surface area (Å²) in [6.45, 7) is 5.00. The quantitative estimate of drug-likeness (QED) is 0.806. The molecule has 1 amide bonds. The van der Waals surface area contributed by atoms with Crippen molar-refractivity contribution in [2.24, 2.45) is 23.2 Å². The number of piperazine rings is 1. The molecule has 0 aromatic carbocycles. The summed E-state index contributed by atoms with van der Waals surface area (Å²) in [4.78, 5) is 15.3. The van der Waals surface area contributed by atoms with Crippen molar-refractivity contribution in [1.82, 2.24) is 10.2 Å². The Balaban J connectivity index is 0.00000121. The first-order chi connectivity index (χ1) is 9.14. The van der Waals surface area contributed by atoms with E-state index in [-0.39, 0.29) is 17.8 Å². The Morgan fingerprint density at radius 3 is 2.15 bits per heavy atom. The maximum atomic E-state index is 13.1. The summed E-state index contributed by atoms with van der Waals surface area (Å²) in [5.74, 6) is 3.13. The fourth-order valence-corrected chi connectivity index (χ4v) is 5.82. The normalized spacial score (nSPS) is 46.1. The molecule has 0 aromatic heterocycles. The second kappa shape index (κ2) is 5.17. The highest BCUT2D eigenvalue weighted by molar-refractivity contribution is 5.85. The van der Waals surface area contributed by atoms with Crippen molar-refractivity contribution in [3.8, 4) is 0 Å².